The number of aromatic hydroxyl groups is 1. The summed E-state index contributed by atoms with van der Waals surface area (Å²) in [6.45, 7) is 1.29. The van der Waals surface area contributed by atoms with E-state index in [1.54, 1.807) is 12.1 Å². The van der Waals surface area contributed by atoms with Gasteiger partial charge in [0.2, 0.25) is 17.7 Å². The Balaban J connectivity index is 2.87. The van der Waals surface area contributed by atoms with Crippen LogP contribution in [0.15, 0.2) is 24.3 Å². The lowest BCUT2D eigenvalue weighted by atomic mass is 10.0. The average molecular weight is 380 g/mol. The summed E-state index contributed by atoms with van der Waals surface area (Å²) in [6.07, 6.45) is -0.0214. The molecule has 0 bridgehead atoms. The fraction of sp³-hybridized carbons (Fsp3) is 0.412. The number of rotatable bonds is 10. The van der Waals surface area contributed by atoms with E-state index >= 15 is 0 Å². The number of aliphatic carboxylic acids is 1. The molecule has 148 valence electrons. The number of carboxylic acids is 1. The van der Waals surface area contributed by atoms with E-state index < -0.39 is 41.8 Å². The van der Waals surface area contributed by atoms with Gasteiger partial charge < -0.3 is 32.3 Å². The number of phenols is 1. The molecule has 0 saturated carbocycles. The monoisotopic (exact) mass is 380 g/mol. The predicted octanol–water partition coefficient (Wildman–Crippen LogP) is -1.40. The summed E-state index contributed by atoms with van der Waals surface area (Å²) in [6, 6.07) is 2.67. The molecule has 0 fully saturated rings. The van der Waals surface area contributed by atoms with Crippen LogP contribution in [-0.2, 0) is 25.6 Å². The molecule has 10 nitrogen and oxygen atoms in total. The highest BCUT2D eigenvalue weighted by molar-refractivity contribution is 5.92. The largest absolute Gasteiger partial charge is 0.508 e. The van der Waals surface area contributed by atoms with E-state index in [9.17, 15) is 24.3 Å². The summed E-state index contributed by atoms with van der Waals surface area (Å²) in [5.74, 6) is -3.16. The van der Waals surface area contributed by atoms with Crippen LogP contribution >= 0.6 is 0 Å². The molecule has 0 saturated heterocycles. The summed E-state index contributed by atoms with van der Waals surface area (Å²) in [4.78, 5) is 46.4. The van der Waals surface area contributed by atoms with Crippen molar-refractivity contribution in [3.63, 3.8) is 0 Å². The third kappa shape index (κ3) is 7.74. The first kappa shape index (κ1) is 21.9. The van der Waals surface area contributed by atoms with Crippen molar-refractivity contribution in [2.45, 2.75) is 44.3 Å². The lowest BCUT2D eigenvalue weighted by Gasteiger charge is -2.22. The van der Waals surface area contributed by atoms with E-state index in [0.717, 1.165) is 0 Å². The Labute approximate surface area is 155 Å². The van der Waals surface area contributed by atoms with Crippen molar-refractivity contribution < 1.29 is 29.4 Å². The minimum absolute atomic E-state index is 0.0141. The molecule has 0 aliphatic heterocycles. The average Bonchev–Trinajstić information content (AvgIpc) is 2.60. The summed E-state index contributed by atoms with van der Waals surface area (Å²) < 4.78 is 0. The smallest absolute Gasteiger partial charge is 0.325 e. The highest BCUT2D eigenvalue weighted by atomic mass is 16.4. The fourth-order valence-corrected chi connectivity index (χ4v) is 2.16. The Bertz CT molecular complexity index is 691. The van der Waals surface area contributed by atoms with Gasteiger partial charge in [-0.05, 0) is 31.0 Å². The molecule has 27 heavy (non-hydrogen) atoms. The number of carbonyl (C=O) groups excluding carboxylic acids is 3. The fourth-order valence-electron chi connectivity index (χ4n) is 2.16. The number of carbonyl (C=O) groups is 4. The second-order valence-corrected chi connectivity index (χ2v) is 6.11. The molecule has 0 unspecified atom stereocenters. The summed E-state index contributed by atoms with van der Waals surface area (Å²) in [5.41, 5.74) is 11.3. The van der Waals surface area contributed by atoms with Gasteiger partial charge in [-0.2, -0.15) is 0 Å². The lowest BCUT2D eigenvalue weighted by Crippen LogP contribution is -2.54. The van der Waals surface area contributed by atoms with Crippen LogP contribution in [0.3, 0.4) is 0 Å². The molecule has 0 aliphatic rings. The van der Waals surface area contributed by atoms with Crippen molar-refractivity contribution >= 4 is 23.7 Å². The predicted molar refractivity (Wildman–Crippen MR) is 95.4 cm³/mol. The number of hydrogen-bond acceptors (Lipinski definition) is 6. The van der Waals surface area contributed by atoms with Crippen molar-refractivity contribution in [2.24, 2.45) is 11.5 Å². The number of phenolic OH excluding ortho intramolecular Hbond substituents is 1. The molecule has 3 amide bonds. The first-order chi connectivity index (χ1) is 12.6. The Hall–Kier alpha value is -3.14. The van der Waals surface area contributed by atoms with Gasteiger partial charge in [0.25, 0.3) is 0 Å². The topological polar surface area (TPSA) is 185 Å². The molecular weight excluding hydrogens is 356 g/mol. The van der Waals surface area contributed by atoms with Crippen LogP contribution in [0.2, 0.25) is 0 Å². The molecule has 0 spiro atoms. The van der Waals surface area contributed by atoms with E-state index in [0.29, 0.717) is 5.56 Å². The molecule has 3 atom stereocenters. The number of primary amides is 1. The first-order valence-electron chi connectivity index (χ1n) is 8.25. The summed E-state index contributed by atoms with van der Waals surface area (Å²) >= 11 is 0. The van der Waals surface area contributed by atoms with E-state index in [-0.39, 0.29) is 25.0 Å². The molecule has 1 rings (SSSR count). The number of amides is 3. The SMILES string of the molecule is C[C@H](NC(=O)[C@H](Cc1ccc(O)cc1)NC(=O)[C@@H](N)CCC(N)=O)C(=O)O. The molecule has 8 N–H and O–H groups in total. The Morgan fingerprint density at radius 3 is 2.19 bits per heavy atom. The highest BCUT2D eigenvalue weighted by Gasteiger charge is 2.26. The van der Waals surface area contributed by atoms with E-state index in [1.165, 1.54) is 19.1 Å². The number of carboxylic acid groups (broad SMARTS) is 1. The molecule has 0 aromatic heterocycles. The third-order valence-corrected chi connectivity index (χ3v) is 3.78. The van der Waals surface area contributed by atoms with Crippen LogP contribution in [0.25, 0.3) is 0 Å². The summed E-state index contributed by atoms with van der Waals surface area (Å²) in [7, 11) is 0. The van der Waals surface area contributed by atoms with Gasteiger partial charge in [0, 0.05) is 12.8 Å². The molecule has 0 aliphatic carbocycles. The van der Waals surface area contributed by atoms with Crippen LogP contribution in [0.5, 0.6) is 5.75 Å². The molecule has 10 heteroatoms. The van der Waals surface area contributed by atoms with E-state index in [4.69, 9.17) is 16.6 Å². The van der Waals surface area contributed by atoms with Gasteiger partial charge in [-0.25, -0.2) is 0 Å². The number of nitrogens with one attached hydrogen (secondary N) is 2. The van der Waals surface area contributed by atoms with Gasteiger partial charge in [0.1, 0.15) is 17.8 Å². The zero-order valence-electron chi connectivity index (χ0n) is 14.8. The summed E-state index contributed by atoms with van der Waals surface area (Å²) in [5, 5.41) is 23.0. The Morgan fingerprint density at radius 1 is 1.07 bits per heavy atom. The van der Waals surface area contributed by atoms with Gasteiger partial charge in [0.15, 0.2) is 0 Å². The van der Waals surface area contributed by atoms with Crippen molar-refractivity contribution in [2.75, 3.05) is 0 Å². The van der Waals surface area contributed by atoms with E-state index in [1.807, 2.05) is 0 Å². The molecule has 1 aromatic rings. The van der Waals surface area contributed by atoms with Crippen molar-refractivity contribution in [3.8, 4) is 5.75 Å². The van der Waals surface area contributed by atoms with Crippen molar-refractivity contribution in [3.05, 3.63) is 29.8 Å². The van der Waals surface area contributed by atoms with Gasteiger partial charge in [-0.1, -0.05) is 12.1 Å². The molecular formula is C17H24N4O6. The van der Waals surface area contributed by atoms with Gasteiger partial charge in [-0.15, -0.1) is 0 Å². The zero-order valence-corrected chi connectivity index (χ0v) is 14.8. The van der Waals surface area contributed by atoms with Gasteiger partial charge in [0.05, 0.1) is 6.04 Å². The third-order valence-electron chi connectivity index (χ3n) is 3.78. The Kier molecular flexibility index (Phi) is 8.21. The standard InChI is InChI=1S/C17H24N4O6/c1-9(17(26)27)20-16(25)13(8-10-2-4-11(22)5-3-10)21-15(24)12(18)6-7-14(19)23/h2-5,9,12-13,22H,6-8,18H2,1H3,(H2,19,23)(H,20,25)(H,21,24)(H,26,27)/t9-,12-,13-/m0/s1. The lowest BCUT2D eigenvalue weighted by molar-refractivity contribution is -0.141. The Morgan fingerprint density at radius 2 is 1.67 bits per heavy atom. The minimum Gasteiger partial charge on any atom is -0.508 e. The van der Waals surface area contributed by atoms with E-state index in [2.05, 4.69) is 10.6 Å². The van der Waals surface area contributed by atoms with Crippen LogP contribution in [0.1, 0.15) is 25.3 Å². The normalized spacial score (nSPS) is 13.9. The highest BCUT2D eigenvalue weighted by Crippen LogP contribution is 2.12. The number of benzene rings is 1. The number of nitrogens with two attached hydrogens (primary N) is 2. The minimum atomic E-state index is -1.23. The second kappa shape index (κ2) is 10.1. The quantitative estimate of drug-likeness (QED) is 0.288. The van der Waals surface area contributed by atoms with Crippen LogP contribution in [0.4, 0.5) is 0 Å². The van der Waals surface area contributed by atoms with Gasteiger partial charge in [-0.3, -0.25) is 19.2 Å². The number of hydrogen-bond donors (Lipinski definition) is 6. The maximum atomic E-state index is 12.4. The maximum absolute atomic E-state index is 12.4. The second-order valence-electron chi connectivity index (χ2n) is 6.11. The van der Waals surface area contributed by atoms with Crippen LogP contribution < -0.4 is 22.1 Å². The van der Waals surface area contributed by atoms with Crippen LogP contribution in [0, 0.1) is 0 Å². The molecule has 0 radical (unpaired) electrons. The molecule has 1 aromatic carbocycles. The first-order valence-corrected chi connectivity index (χ1v) is 8.25. The van der Waals surface area contributed by atoms with Crippen molar-refractivity contribution in [1.29, 1.82) is 0 Å². The maximum Gasteiger partial charge on any atom is 0.325 e. The zero-order chi connectivity index (χ0) is 20.6. The molecule has 0 heterocycles. The van der Waals surface area contributed by atoms with Crippen LogP contribution in [-0.4, -0.2) is 52.0 Å². The van der Waals surface area contributed by atoms with Gasteiger partial charge >= 0.3 is 5.97 Å². The van der Waals surface area contributed by atoms with Crippen molar-refractivity contribution in [1.82, 2.24) is 10.6 Å².